The third-order valence-corrected chi connectivity index (χ3v) is 12.3. The fourth-order valence-electron chi connectivity index (χ4n) is 2.84. The molecule has 0 saturated heterocycles. The van der Waals surface area contributed by atoms with E-state index in [2.05, 4.69) is 34.5 Å². The van der Waals surface area contributed by atoms with Gasteiger partial charge in [-0.2, -0.15) is 0 Å². The van der Waals surface area contributed by atoms with Crippen molar-refractivity contribution < 1.29 is 38.0 Å². The molecule has 10 heteroatoms. The third-order valence-electron chi connectivity index (χ3n) is 4.96. The molecule has 0 aliphatic rings. The van der Waals surface area contributed by atoms with Gasteiger partial charge in [-0.15, -0.1) is 0 Å². The number of hydrogen-bond acceptors (Lipinski definition) is 8. The predicted molar refractivity (Wildman–Crippen MR) is 147 cm³/mol. The Morgan fingerprint density at radius 3 is 1.31 bits per heavy atom. The summed E-state index contributed by atoms with van der Waals surface area (Å²) in [7, 11) is 0. The maximum absolute atomic E-state index is 11.7. The van der Waals surface area contributed by atoms with Crippen LogP contribution in [0.15, 0.2) is 24.3 Å². The third kappa shape index (κ3) is 19.0. The van der Waals surface area contributed by atoms with Crippen molar-refractivity contribution in [2.24, 2.45) is 0 Å². The molecule has 0 aliphatic carbocycles. The van der Waals surface area contributed by atoms with Crippen molar-refractivity contribution in [1.29, 1.82) is 0 Å². The van der Waals surface area contributed by atoms with Crippen molar-refractivity contribution in [2.45, 2.75) is 57.9 Å². The van der Waals surface area contributed by atoms with E-state index in [4.69, 9.17) is 28.4 Å². The Bertz CT molecular complexity index is 696. The number of esters is 2. The van der Waals surface area contributed by atoms with Crippen LogP contribution in [0.2, 0.25) is 45.0 Å². The summed E-state index contributed by atoms with van der Waals surface area (Å²) in [6, 6.07) is 7.41. The van der Waals surface area contributed by atoms with Gasteiger partial charge in [0.1, 0.15) is 0 Å². The van der Waals surface area contributed by atoms with Crippen LogP contribution < -0.4 is 9.47 Å². The number of carbonyl (C=O) groups is 2. The van der Waals surface area contributed by atoms with E-state index in [-0.39, 0.29) is 25.2 Å². The van der Waals surface area contributed by atoms with Crippen molar-refractivity contribution in [3.8, 4) is 11.5 Å². The molecule has 0 spiro atoms. The van der Waals surface area contributed by atoms with Crippen LogP contribution in [0.4, 0.5) is 0 Å². The SMILES string of the molecule is [CH3][Ge]([CH3])([CH3])[CH2]CC(=O)OCCOCCOc1ccccc1OCCOCCOC(=O)C[CH2][Ge]([CH3])([CH3])[CH3]. The molecule has 0 atom stereocenters. The van der Waals surface area contributed by atoms with Crippen LogP contribution in [0.3, 0.4) is 0 Å². The summed E-state index contributed by atoms with van der Waals surface area (Å²) in [5.74, 6) is 14.6. The van der Waals surface area contributed by atoms with Crippen LogP contribution in [-0.4, -0.2) is 91.3 Å². The van der Waals surface area contributed by atoms with E-state index in [9.17, 15) is 9.59 Å². The molecule has 0 aliphatic heterocycles. The zero-order valence-electron chi connectivity index (χ0n) is 23.1. The molecule has 1 aromatic carbocycles. The van der Waals surface area contributed by atoms with Gasteiger partial charge in [-0.25, -0.2) is 0 Å². The first-order chi connectivity index (χ1) is 17.0. The van der Waals surface area contributed by atoms with E-state index in [0.717, 1.165) is 10.5 Å². The number of rotatable bonds is 20. The molecule has 0 unspecified atom stereocenters. The van der Waals surface area contributed by atoms with Crippen LogP contribution in [0.25, 0.3) is 0 Å². The van der Waals surface area contributed by atoms with Gasteiger partial charge in [-0.05, 0) is 0 Å². The van der Waals surface area contributed by atoms with E-state index in [1.54, 1.807) is 0 Å². The summed E-state index contributed by atoms with van der Waals surface area (Å²) in [5.41, 5.74) is 0. The van der Waals surface area contributed by atoms with Crippen LogP contribution in [0, 0.1) is 0 Å². The van der Waals surface area contributed by atoms with E-state index in [1.807, 2.05) is 24.3 Å². The fourth-order valence-corrected chi connectivity index (χ4v) is 6.84. The molecule has 0 fully saturated rings. The molecule has 1 rings (SSSR count). The zero-order chi connectivity index (χ0) is 26.9. The topological polar surface area (TPSA) is 89.5 Å². The van der Waals surface area contributed by atoms with Gasteiger partial charge < -0.3 is 0 Å². The molecule has 1 aromatic rings. The van der Waals surface area contributed by atoms with Gasteiger partial charge in [0.2, 0.25) is 0 Å². The monoisotopic (exact) mass is 634 g/mol. The molecule has 8 nitrogen and oxygen atoms in total. The standard InChI is InChI=1S/C26H46Ge2O8/c1-27(2,3)13-11-25(29)35-21-17-31-15-19-33-23-9-7-8-10-24(23)34-20-16-32-18-22-36-26(30)12-14-28(4,5)6/h7-10H,11-22H2,1-6H3. The van der Waals surface area contributed by atoms with Crippen molar-refractivity contribution >= 4 is 38.5 Å². The van der Waals surface area contributed by atoms with Gasteiger partial charge in [0, 0.05) is 0 Å². The molecular weight excluding hydrogens is 585 g/mol. The number of para-hydroxylation sites is 2. The van der Waals surface area contributed by atoms with Crippen molar-refractivity contribution in [3.05, 3.63) is 24.3 Å². The molecule has 0 amide bonds. The Morgan fingerprint density at radius 1 is 0.583 bits per heavy atom. The first-order valence-electron chi connectivity index (χ1n) is 12.8. The molecule has 0 saturated carbocycles. The summed E-state index contributed by atoms with van der Waals surface area (Å²) < 4.78 is 32.9. The normalized spacial score (nSPS) is 11.7. The van der Waals surface area contributed by atoms with Gasteiger partial charge in [0.05, 0.1) is 0 Å². The summed E-state index contributed by atoms with van der Waals surface area (Å²) in [6.45, 7) is 2.67. The van der Waals surface area contributed by atoms with Gasteiger partial charge in [0.15, 0.2) is 0 Å². The first-order valence-corrected chi connectivity index (χ1v) is 28.3. The molecule has 0 aromatic heterocycles. The summed E-state index contributed by atoms with van der Waals surface area (Å²) in [5, 5.41) is 1.96. The van der Waals surface area contributed by atoms with Crippen LogP contribution >= 0.6 is 0 Å². The average molecular weight is 632 g/mol. The number of hydrogen-bond donors (Lipinski definition) is 0. The van der Waals surface area contributed by atoms with Gasteiger partial charge in [-0.3, -0.25) is 0 Å². The summed E-state index contributed by atoms with van der Waals surface area (Å²) in [4.78, 5) is 23.5. The molecule has 206 valence electrons. The van der Waals surface area contributed by atoms with E-state index < -0.39 is 26.5 Å². The van der Waals surface area contributed by atoms with Crippen molar-refractivity contribution in [3.63, 3.8) is 0 Å². The van der Waals surface area contributed by atoms with Crippen LogP contribution in [-0.2, 0) is 28.5 Å². The summed E-state index contributed by atoms with van der Waals surface area (Å²) in [6.07, 6.45) is 1.00. The van der Waals surface area contributed by atoms with E-state index in [0.29, 0.717) is 64.0 Å². The van der Waals surface area contributed by atoms with Gasteiger partial charge in [-0.1, -0.05) is 12.1 Å². The maximum atomic E-state index is 11.7. The average Bonchev–Trinajstić information content (AvgIpc) is 2.80. The minimum absolute atomic E-state index is 0.149. The van der Waals surface area contributed by atoms with Crippen molar-refractivity contribution in [1.82, 2.24) is 0 Å². The number of ether oxygens (including phenoxy) is 6. The predicted octanol–water partition coefficient (Wildman–Crippen LogP) is 5.02. The quantitative estimate of drug-likeness (QED) is 0.113. The molecule has 0 heterocycles. The summed E-state index contributed by atoms with van der Waals surface area (Å²) >= 11 is -3.40. The Hall–Kier alpha value is -1.23. The van der Waals surface area contributed by atoms with Crippen molar-refractivity contribution in [2.75, 3.05) is 52.9 Å². The first kappa shape index (κ1) is 32.8. The van der Waals surface area contributed by atoms with Gasteiger partial charge in [0.25, 0.3) is 0 Å². The molecular formula is C26H46Ge2O8. The van der Waals surface area contributed by atoms with E-state index >= 15 is 0 Å². The fraction of sp³-hybridized carbons (Fsp3) is 0.692. The molecule has 0 radical (unpaired) electrons. The minimum atomic E-state index is -1.70. The van der Waals surface area contributed by atoms with E-state index in [1.165, 1.54) is 0 Å². The molecule has 0 bridgehead atoms. The number of benzene rings is 1. The second-order valence-corrected chi connectivity index (χ2v) is 34.5. The van der Waals surface area contributed by atoms with Crippen LogP contribution in [0.1, 0.15) is 12.8 Å². The Labute approximate surface area is 222 Å². The second kappa shape index (κ2) is 18.1. The molecule has 0 N–H and O–H groups in total. The molecule has 36 heavy (non-hydrogen) atoms. The Balaban J connectivity index is 2.11. The Morgan fingerprint density at radius 2 is 0.944 bits per heavy atom. The number of carbonyl (C=O) groups excluding carboxylic acids is 2. The zero-order valence-corrected chi connectivity index (χ0v) is 27.3. The Kier molecular flexibility index (Phi) is 16.5. The van der Waals surface area contributed by atoms with Gasteiger partial charge >= 0.3 is 211 Å². The van der Waals surface area contributed by atoms with Crippen LogP contribution in [0.5, 0.6) is 11.5 Å². The second-order valence-electron chi connectivity index (χ2n) is 10.9.